The Labute approximate surface area is 96.5 Å². The molecule has 0 heterocycles. The van der Waals surface area contributed by atoms with Gasteiger partial charge in [-0.25, -0.2) is 0 Å². The van der Waals surface area contributed by atoms with Crippen LogP contribution in [-0.4, -0.2) is 18.9 Å². The van der Waals surface area contributed by atoms with Crippen molar-refractivity contribution >= 4 is 11.8 Å². The summed E-state index contributed by atoms with van der Waals surface area (Å²) in [6.07, 6.45) is 4.07. The number of esters is 1. The lowest BCUT2D eigenvalue weighted by Crippen LogP contribution is -2.35. The van der Waals surface area contributed by atoms with Crippen LogP contribution in [0.15, 0.2) is 0 Å². The van der Waals surface area contributed by atoms with E-state index in [1.807, 2.05) is 0 Å². The number of fused-ring (bicyclic) bond motifs is 2. The molecule has 90 valence electrons. The van der Waals surface area contributed by atoms with E-state index in [1.54, 1.807) is 0 Å². The molecule has 0 N–H and O–H groups in total. The third-order valence-corrected chi connectivity index (χ3v) is 5.28. The van der Waals surface area contributed by atoms with Gasteiger partial charge in [0.15, 0.2) is 0 Å². The molecule has 0 saturated heterocycles. The summed E-state index contributed by atoms with van der Waals surface area (Å²) < 4.78 is 4.68. The zero-order chi connectivity index (χ0) is 12.0. The second kappa shape index (κ2) is 3.57. The highest BCUT2D eigenvalue weighted by Gasteiger charge is 2.63. The molecular formula is C13H20O3. The van der Waals surface area contributed by atoms with E-state index in [1.165, 1.54) is 7.11 Å². The van der Waals surface area contributed by atoms with Crippen molar-refractivity contribution in [2.45, 2.75) is 46.0 Å². The molecule has 2 aliphatic carbocycles. The molecule has 0 radical (unpaired) electrons. The second-order valence-electron chi connectivity index (χ2n) is 5.69. The lowest BCUT2D eigenvalue weighted by molar-refractivity contribution is -0.142. The number of methoxy groups -OCH3 is 1. The number of ketones is 1. The van der Waals surface area contributed by atoms with Crippen molar-refractivity contribution in [1.82, 2.24) is 0 Å². The van der Waals surface area contributed by atoms with Gasteiger partial charge >= 0.3 is 5.97 Å². The van der Waals surface area contributed by atoms with Gasteiger partial charge in [-0.3, -0.25) is 9.59 Å². The average Bonchev–Trinajstić information content (AvgIpc) is 2.61. The summed E-state index contributed by atoms with van der Waals surface area (Å²) in [4.78, 5) is 23.2. The van der Waals surface area contributed by atoms with E-state index >= 15 is 0 Å². The van der Waals surface area contributed by atoms with Crippen LogP contribution in [0.1, 0.15) is 46.0 Å². The van der Waals surface area contributed by atoms with Gasteiger partial charge in [0.05, 0.1) is 7.11 Å². The van der Waals surface area contributed by atoms with E-state index in [9.17, 15) is 9.59 Å². The van der Waals surface area contributed by atoms with Crippen molar-refractivity contribution in [3.63, 3.8) is 0 Å². The molecule has 2 bridgehead atoms. The van der Waals surface area contributed by atoms with E-state index in [-0.39, 0.29) is 16.8 Å². The number of carbonyl (C=O) groups is 2. The summed E-state index contributed by atoms with van der Waals surface area (Å²) in [6, 6.07) is 0. The van der Waals surface area contributed by atoms with E-state index in [0.29, 0.717) is 24.5 Å². The highest BCUT2D eigenvalue weighted by Crippen LogP contribution is 2.65. The molecule has 0 amide bonds. The molecule has 16 heavy (non-hydrogen) atoms. The molecule has 0 aromatic rings. The second-order valence-corrected chi connectivity index (χ2v) is 5.69. The number of hydrogen-bond acceptors (Lipinski definition) is 3. The lowest BCUT2D eigenvalue weighted by Gasteiger charge is -2.36. The van der Waals surface area contributed by atoms with Crippen molar-refractivity contribution in [2.24, 2.45) is 16.7 Å². The average molecular weight is 224 g/mol. The number of carbonyl (C=O) groups excluding carboxylic acids is 2. The number of Topliss-reactive ketones (excluding diaryl/α,β-unsaturated/α-hetero) is 1. The number of ether oxygens (including phenoxy) is 1. The van der Waals surface area contributed by atoms with Crippen LogP contribution in [0.4, 0.5) is 0 Å². The molecule has 3 heteroatoms. The van der Waals surface area contributed by atoms with Crippen LogP contribution in [0.3, 0.4) is 0 Å². The maximum atomic E-state index is 12.0. The Morgan fingerprint density at radius 3 is 2.62 bits per heavy atom. The van der Waals surface area contributed by atoms with Crippen molar-refractivity contribution in [3.05, 3.63) is 0 Å². The van der Waals surface area contributed by atoms with Crippen LogP contribution in [0.25, 0.3) is 0 Å². The minimum Gasteiger partial charge on any atom is -0.469 e. The molecule has 0 aliphatic heterocycles. The minimum absolute atomic E-state index is 0.0122. The summed E-state index contributed by atoms with van der Waals surface area (Å²) >= 11 is 0. The number of rotatable bonds is 3. The molecule has 2 aliphatic rings. The maximum Gasteiger partial charge on any atom is 0.305 e. The topological polar surface area (TPSA) is 43.4 Å². The van der Waals surface area contributed by atoms with Gasteiger partial charge in [0, 0.05) is 18.3 Å². The van der Waals surface area contributed by atoms with Gasteiger partial charge in [-0.05, 0) is 30.6 Å². The minimum atomic E-state index is -0.189. The van der Waals surface area contributed by atoms with Gasteiger partial charge in [0.25, 0.3) is 0 Å². The van der Waals surface area contributed by atoms with Crippen LogP contribution in [0, 0.1) is 16.7 Å². The molecule has 0 aromatic heterocycles. The summed E-state index contributed by atoms with van der Waals surface area (Å²) in [6.45, 7) is 4.26. The Kier molecular flexibility index (Phi) is 2.59. The Morgan fingerprint density at radius 1 is 1.50 bits per heavy atom. The molecule has 2 saturated carbocycles. The quantitative estimate of drug-likeness (QED) is 0.691. The fourth-order valence-electron chi connectivity index (χ4n) is 3.70. The van der Waals surface area contributed by atoms with E-state index in [2.05, 4.69) is 18.6 Å². The summed E-state index contributed by atoms with van der Waals surface area (Å²) in [5, 5.41) is 0. The van der Waals surface area contributed by atoms with Crippen molar-refractivity contribution in [3.8, 4) is 0 Å². The molecule has 2 rings (SSSR count). The number of hydrogen-bond donors (Lipinski definition) is 0. The van der Waals surface area contributed by atoms with Crippen molar-refractivity contribution < 1.29 is 14.3 Å². The van der Waals surface area contributed by atoms with Crippen LogP contribution in [-0.2, 0) is 14.3 Å². The van der Waals surface area contributed by atoms with Crippen molar-refractivity contribution in [2.75, 3.05) is 7.11 Å². The van der Waals surface area contributed by atoms with Gasteiger partial charge in [0.1, 0.15) is 5.78 Å². The summed E-state index contributed by atoms with van der Waals surface area (Å²) in [7, 11) is 1.42. The molecule has 3 nitrogen and oxygen atoms in total. The standard InChI is InChI=1S/C13H20O3/c1-12(7-5-11(15)16-3)9-4-6-13(12,2)10(14)8-9/h9H,4-8H2,1-3H3/t9-,12-,13-/m1/s1. The highest BCUT2D eigenvalue weighted by molar-refractivity contribution is 5.89. The Hall–Kier alpha value is -0.860. The van der Waals surface area contributed by atoms with Crippen LogP contribution in [0.5, 0.6) is 0 Å². The first-order valence-electron chi connectivity index (χ1n) is 6.04. The van der Waals surface area contributed by atoms with E-state index in [0.717, 1.165) is 19.3 Å². The van der Waals surface area contributed by atoms with Crippen LogP contribution < -0.4 is 0 Å². The van der Waals surface area contributed by atoms with Gasteiger partial charge in [0.2, 0.25) is 0 Å². The molecule has 2 fully saturated rings. The van der Waals surface area contributed by atoms with Crippen LogP contribution >= 0.6 is 0 Å². The highest BCUT2D eigenvalue weighted by atomic mass is 16.5. The Morgan fingerprint density at radius 2 is 2.19 bits per heavy atom. The molecule has 0 spiro atoms. The first-order valence-corrected chi connectivity index (χ1v) is 6.04. The van der Waals surface area contributed by atoms with Gasteiger partial charge in [-0.1, -0.05) is 13.8 Å². The largest absolute Gasteiger partial charge is 0.469 e. The fourth-order valence-corrected chi connectivity index (χ4v) is 3.70. The monoisotopic (exact) mass is 224 g/mol. The van der Waals surface area contributed by atoms with E-state index in [4.69, 9.17) is 0 Å². The summed E-state index contributed by atoms with van der Waals surface area (Å²) in [5.41, 5.74) is -0.177. The third kappa shape index (κ3) is 1.33. The van der Waals surface area contributed by atoms with Gasteiger partial charge in [-0.2, -0.15) is 0 Å². The first-order chi connectivity index (χ1) is 7.44. The lowest BCUT2D eigenvalue weighted by atomic mass is 9.66. The zero-order valence-corrected chi connectivity index (χ0v) is 10.3. The van der Waals surface area contributed by atoms with E-state index < -0.39 is 0 Å². The Bertz CT molecular complexity index is 336. The zero-order valence-electron chi connectivity index (χ0n) is 10.3. The van der Waals surface area contributed by atoms with Crippen LogP contribution in [0.2, 0.25) is 0 Å². The maximum absolute atomic E-state index is 12.0. The SMILES string of the molecule is COC(=O)CC[C@]1(C)[C@@H]2CC[C@]1(C)C(=O)C2. The summed E-state index contributed by atoms with van der Waals surface area (Å²) in [5.74, 6) is 0.717. The Balaban J connectivity index is 2.13. The van der Waals surface area contributed by atoms with Crippen molar-refractivity contribution in [1.29, 1.82) is 0 Å². The fraction of sp³-hybridized carbons (Fsp3) is 0.846. The predicted molar refractivity (Wildman–Crippen MR) is 59.8 cm³/mol. The smallest absolute Gasteiger partial charge is 0.305 e. The third-order valence-electron chi connectivity index (χ3n) is 5.28. The first kappa shape index (κ1) is 11.6. The van der Waals surface area contributed by atoms with Gasteiger partial charge < -0.3 is 4.74 Å². The normalized spacial score (nSPS) is 41.4. The molecular weight excluding hydrogens is 204 g/mol. The molecule has 0 unspecified atom stereocenters. The predicted octanol–water partition coefficient (Wildman–Crippen LogP) is 2.33. The van der Waals surface area contributed by atoms with Gasteiger partial charge in [-0.15, -0.1) is 0 Å². The molecule has 3 atom stereocenters. The molecule has 0 aromatic carbocycles.